The number of anilines is 2. The van der Waals surface area contributed by atoms with Crippen molar-refractivity contribution in [3.63, 3.8) is 0 Å². The van der Waals surface area contributed by atoms with Crippen molar-refractivity contribution in [2.24, 2.45) is 0 Å². The highest BCUT2D eigenvalue weighted by Crippen LogP contribution is 2.29. The SMILES string of the molecule is COc1ccc(Cl)cc1NS(=O)(=O)c1ccc(N)cc1. The molecular formula is C13H13ClN2O3S. The number of sulfonamides is 1. The number of rotatable bonds is 4. The maximum atomic E-state index is 12.2. The Hall–Kier alpha value is -1.92. The smallest absolute Gasteiger partial charge is 0.262 e. The molecule has 2 aromatic carbocycles. The summed E-state index contributed by atoms with van der Waals surface area (Å²) in [6, 6.07) is 10.6. The lowest BCUT2D eigenvalue weighted by molar-refractivity contribution is 0.417. The van der Waals surface area contributed by atoms with Crippen molar-refractivity contribution < 1.29 is 13.2 Å². The predicted octanol–water partition coefficient (Wildman–Crippen LogP) is 2.73. The molecule has 0 radical (unpaired) electrons. The molecule has 3 N–H and O–H groups in total. The second-order valence-corrected chi connectivity index (χ2v) is 6.14. The Morgan fingerprint density at radius 2 is 1.80 bits per heavy atom. The van der Waals surface area contributed by atoms with Crippen LogP contribution in [0.25, 0.3) is 0 Å². The highest BCUT2D eigenvalue weighted by Gasteiger charge is 2.16. The Balaban J connectivity index is 2.37. The fourth-order valence-corrected chi connectivity index (χ4v) is 2.84. The van der Waals surface area contributed by atoms with Crippen molar-refractivity contribution in [2.45, 2.75) is 4.90 Å². The molecule has 0 aliphatic rings. The highest BCUT2D eigenvalue weighted by atomic mass is 35.5. The largest absolute Gasteiger partial charge is 0.495 e. The van der Waals surface area contributed by atoms with E-state index in [0.29, 0.717) is 16.5 Å². The molecule has 0 unspecified atom stereocenters. The van der Waals surface area contributed by atoms with E-state index >= 15 is 0 Å². The molecular weight excluding hydrogens is 300 g/mol. The van der Waals surface area contributed by atoms with Gasteiger partial charge in [0.2, 0.25) is 0 Å². The summed E-state index contributed by atoms with van der Waals surface area (Å²) in [7, 11) is -2.27. The third-order valence-electron chi connectivity index (χ3n) is 2.60. The minimum Gasteiger partial charge on any atom is -0.495 e. The molecule has 0 aliphatic heterocycles. The molecule has 2 rings (SSSR count). The molecule has 7 heteroatoms. The van der Waals surface area contributed by atoms with Gasteiger partial charge in [-0.05, 0) is 42.5 Å². The van der Waals surface area contributed by atoms with E-state index in [1.165, 1.54) is 37.4 Å². The van der Waals surface area contributed by atoms with E-state index < -0.39 is 10.0 Å². The third kappa shape index (κ3) is 3.15. The Kier molecular flexibility index (Phi) is 4.06. The van der Waals surface area contributed by atoms with E-state index in [1.807, 2.05) is 0 Å². The molecule has 5 nitrogen and oxygen atoms in total. The van der Waals surface area contributed by atoms with Crippen LogP contribution in [0.3, 0.4) is 0 Å². The average molecular weight is 313 g/mol. The van der Waals surface area contributed by atoms with E-state index in [1.54, 1.807) is 12.1 Å². The van der Waals surface area contributed by atoms with Crippen molar-refractivity contribution in [3.05, 3.63) is 47.5 Å². The zero-order valence-corrected chi connectivity index (χ0v) is 12.2. The minimum atomic E-state index is -3.72. The van der Waals surface area contributed by atoms with Crippen LogP contribution in [0.1, 0.15) is 0 Å². The van der Waals surface area contributed by atoms with Gasteiger partial charge in [0.05, 0.1) is 17.7 Å². The second kappa shape index (κ2) is 5.60. The van der Waals surface area contributed by atoms with Gasteiger partial charge in [-0.1, -0.05) is 11.6 Å². The van der Waals surface area contributed by atoms with Gasteiger partial charge >= 0.3 is 0 Å². The van der Waals surface area contributed by atoms with Gasteiger partial charge in [0, 0.05) is 10.7 Å². The molecule has 20 heavy (non-hydrogen) atoms. The van der Waals surface area contributed by atoms with Crippen LogP contribution in [0.5, 0.6) is 5.75 Å². The summed E-state index contributed by atoms with van der Waals surface area (Å²) in [5.74, 6) is 0.383. The number of hydrogen-bond donors (Lipinski definition) is 2. The molecule has 0 aliphatic carbocycles. The number of ether oxygens (including phenoxy) is 1. The topological polar surface area (TPSA) is 81.4 Å². The fourth-order valence-electron chi connectivity index (χ4n) is 1.61. The monoisotopic (exact) mass is 312 g/mol. The summed E-state index contributed by atoms with van der Waals surface area (Å²) < 4.78 is 32.0. The zero-order valence-electron chi connectivity index (χ0n) is 10.6. The minimum absolute atomic E-state index is 0.105. The lowest BCUT2D eigenvalue weighted by atomic mass is 10.3. The number of nitrogens with two attached hydrogens (primary N) is 1. The number of benzene rings is 2. The van der Waals surface area contributed by atoms with E-state index in [4.69, 9.17) is 22.1 Å². The fraction of sp³-hybridized carbons (Fsp3) is 0.0769. The van der Waals surface area contributed by atoms with Gasteiger partial charge < -0.3 is 10.5 Å². The third-order valence-corrected chi connectivity index (χ3v) is 4.21. The van der Waals surface area contributed by atoms with Crippen LogP contribution in [-0.2, 0) is 10.0 Å². The first-order valence-corrected chi connectivity index (χ1v) is 7.50. The summed E-state index contributed by atoms with van der Waals surface area (Å²) in [5, 5.41) is 0.404. The standard InChI is InChI=1S/C13H13ClN2O3S/c1-19-13-7-2-9(14)8-12(13)16-20(17,18)11-5-3-10(15)4-6-11/h2-8,16H,15H2,1H3. The average Bonchev–Trinajstić information content (AvgIpc) is 2.39. The Labute approximate surface area is 122 Å². The van der Waals surface area contributed by atoms with Crippen molar-refractivity contribution in [1.82, 2.24) is 0 Å². The Bertz CT molecular complexity index is 715. The first-order chi connectivity index (χ1) is 9.42. The maximum absolute atomic E-state index is 12.2. The van der Waals surface area contributed by atoms with Crippen molar-refractivity contribution in [1.29, 1.82) is 0 Å². The van der Waals surface area contributed by atoms with Crippen molar-refractivity contribution in [3.8, 4) is 5.75 Å². The summed E-state index contributed by atoms with van der Waals surface area (Å²) in [5.41, 5.74) is 6.30. The van der Waals surface area contributed by atoms with E-state index in [0.717, 1.165) is 0 Å². The number of hydrogen-bond acceptors (Lipinski definition) is 4. The van der Waals surface area contributed by atoms with Crippen LogP contribution in [-0.4, -0.2) is 15.5 Å². The van der Waals surface area contributed by atoms with Crippen LogP contribution < -0.4 is 15.2 Å². The molecule has 0 fully saturated rings. The van der Waals surface area contributed by atoms with Crippen LogP contribution in [0.15, 0.2) is 47.4 Å². The molecule has 0 amide bonds. The molecule has 0 saturated heterocycles. The number of nitrogen functional groups attached to an aromatic ring is 1. The second-order valence-electron chi connectivity index (χ2n) is 4.02. The first kappa shape index (κ1) is 14.5. The number of nitrogens with one attached hydrogen (secondary N) is 1. The highest BCUT2D eigenvalue weighted by molar-refractivity contribution is 7.92. The van der Waals surface area contributed by atoms with Gasteiger partial charge in [0.25, 0.3) is 10.0 Å². The lowest BCUT2D eigenvalue weighted by Crippen LogP contribution is -2.13. The lowest BCUT2D eigenvalue weighted by Gasteiger charge is -2.12. The molecule has 0 aromatic heterocycles. The van der Waals surface area contributed by atoms with Gasteiger partial charge in [-0.3, -0.25) is 4.72 Å². The molecule has 0 atom stereocenters. The van der Waals surface area contributed by atoms with Crippen LogP contribution in [0, 0.1) is 0 Å². The normalized spacial score (nSPS) is 11.1. The zero-order chi connectivity index (χ0) is 14.8. The Morgan fingerprint density at radius 1 is 1.15 bits per heavy atom. The summed E-state index contributed by atoms with van der Waals surface area (Å²) in [6.07, 6.45) is 0. The van der Waals surface area contributed by atoms with E-state index in [-0.39, 0.29) is 10.6 Å². The molecule has 0 spiro atoms. The predicted molar refractivity (Wildman–Crippen MR) is 79.7 cm³/mol. The van der Waals surface area contributed by atoms with Crippen molar-refractivity contribution in [2.75, 3.05) is 17.6 Å². The molecule has 0 saturated carbocycles. The van der Waals surface area contributed by atoms with E-state index in [2.05, 4.69) is 4.72 Å². The maximum Gasteiger partial charge on any atom is 0.262 e. The van der Waals surface area contributed by atoms with Gasteiger partial charge in [-0.15, -0.1) is 0 Å². The van der Waals surface area contributed by atoms with E-state index in [9.17, 15) is 8.42 Å². The van der Waals surface area contributed by atoms with Gasteiger partial charge in [-0.25, -0.2) is 8.42 Å². The first-order valence-electron chi connectivity index (χ1n) is 5.64. The van der Waals surface area contributed by atoms with Crippen LogP contribution in [0.2, 0.25) is 5.02 Å². The van der Waals surface area contributed by atoms with Crippen LogP contribution in [0.4, 0.5) is 11.4 Å². The van der Waals surface area contributed by atoms with Gasteiger partial charge in [-0.2, -0.15) is 0 Å². The molecule has 0 bridgehead atoms. The molecule has 0 heterocycles. The van der Waals surface area contributed by atoms with Gasteiger partial charge in [0.1, 0.15) is 5.75 Å². The van der Waals surface area contributed by atoms with Crippen LogP contribution >= 0.6 is 11.6 Å². The summed E-state index contributed by atoms with van der Waals surface area (Å²) in [4.78, 5) is 0.105. The molecule has 2 aromatic rings. The molecule has 106 valence electrons. The quantitative estimate of drug-likeness (QED) is 0.851. The summed E-state index contributed by atoms with van der Waals surface area (Å²) >= 11 is 5.86. The summed E-state index contributed by atoms with van der Waals surface area (Å²) in [6.45, 7) is 0. The number of methoxy groups -OCH3 is 1. The van der Waals surface area contributed by atoms with Gasteiger partial charge in [0.15, 0.2) is 0 Å². The Morgan fingerprint density at radius 3 is 2.40 bits per heavy atom. The number of halogens is 1. The van der Waals surface area contributed by atoms with Crippen molar-refractivity contribution >= 4 is 33.0 Å².